The van der Waals surface area contributed by atoms with Crippen molar-refractivity contribution in [2.24, 2.45) is 0 Å². The molecular weight excluding hydrogens is 216 g/mol. The molecule has 1 aromatic carbocycles. The summed E-state index contributed by atoms with van der Waals surface area (Å²) in [5, 5.41) is 17.8. The number of nitriles is 2. The average molecular weight is 226 g/mol. The predicted octanol–water partition coefficient (Wildman–Crippen LogP) is 1.63. The summed E-state index contributed by atoms with van der Waals surface area (Å²) in [4.78, 5) is 11.7. The Morgan fingerprint density at radius 2 is 1.76 bits per heavy atom. The van der Waals surface area contributed by atoms with E-state index in [1.54, 1.807) is 12.1 Å². The minimum atomic E-state index is -0.632. The summed E-state index contributed by atoms with van der Waals surface area (Å²) < 4.78 is 4.77. The molecule has 1 aliphatic rings. The largest absolute Gasteiger partial charge is 0.468 e. The smallest absolute Gasteiger partial charge is 0.316 e. The van der Waals surface area contributed by atoms with Gasteiger partial charge < -0.3 is 4.74 Å². The standard InChI is InChI=1S/C13H10N2O2/c1-17-12(16)13(2-3-13)11-5-9(7-14)4-10(6-11)8-15/h4-6H,2-3H2,1H3. The summed E-state index contributed by atoms with van der Waals surface area (Å²) in [7, 11) is 1.35. The number of ether oxygens (including phenoxy) is 1. The van der Waals surface area contributed by atoms with Gasteiger partial charge in [-0.3, -0.25) is 4.79 Å². The highest BCUT2D eigenvalue weighted by atomic mass is 16.5. The molecule has 1 aliphatic carbocycles. The molecule has 1 saturated carbocycles. The summed E-state index contributed by atoms with van der Waals surface area (Å²) >= 11 is 0. The Morgan fingerprint density at radius 1 is 1.24 bits per heavy atom. The van der Waals surface area contributed by atoms with Gasteiger partial charge in [0, 0.05) is 0 Å². The molecular formula is C13H10N2O2. The molecule has 0 aliphatic heterocycles. The van der Waals surface area contributed by atoms with Crippen LogP contribution in [-0.4, -0.2) is 13.1 Å². The van der Waals surface area contributed by atoms with E-state index < -0.39 is 5.41 Å². The number of hydrogen-bond acceptors (Lipinski definition) is 4. The Hall–Kier alpha value is -2.33. The minimum Gasteiger partial charge on any atom is -0.468 e. The monoisotopic (exact) mass is 226 g/mol. The van der Waals surface area contributed by atoms with E-state index in [1.165, 1.54) is 13.2 Å². The number of methoxy groups -OCH3 is 1. The second-order valence-electron chi connectivity index (χ2n) is 4.10. The van der Waals surface area contributed by atoms with Crippen molar-refractivity contribution in [2.45, 2.75) is 18.3 Å². The molecule has 0 N–H and O–H groups in total. The Bertz CT molecular complexity index is 528. The molecule has 0 unspecified atom stereocenters. The number of benzene rings is 1. The van der Waals surface area contributed by atoms with E-state index in [0.717, 1.165) is 0 Å². The van der Waals surface area contributed by atoms with Crippen LogP contribution in [0, 0.1) is 22.7 Å². The van der Waals surface area contributed by atoms with Crippen LogP contribution in [0.15, 0.2) is 18.2 Å². The van der Waals surface area contributed by atoms with Crippen molar-refractivity contribution < 1.29 is 9.53 Å². The first-order valence-corrected chi connectivity index (χ1v) is 5.20. The van der Waals surface area contributed by atoms with Gasteiger partial charge in [0.05, 0.1) is 35.8 Å². The van der Waals surface area contributed by atoms with E-state index in [2.05, 4.69) is 0 Å². The minimum absolute atomic E-state index is 0.295. The zero-order valence-corrected chi connectivity index (χ0v) is 9.36. The highest BCUT2D eigenvalue weighted by Gasteiger charge is 2.52. The van der Waals surface area contributed by atoms with Gasteiger partial charge in [-0.05, 0) is 36.6 Å². The molecule has 2 rings (SSSR count). The Kier molecular flexibility index (Phi) is 2.57. The van der Waals surface area contributed by atoms with E-state index in [9.17, 15) is 4.79 Å². The summed E-state index contributed by atoms with van der Waals surface area (Å²) in [5.41, 5.74) is 0.871. The molecule has 1 fully saturated rings. The van der Waals surface area contributed by atoms with Crippen LogP contribution in [0.2, 0.25) is 0 Å². The van der Waals surface area contributed by atoms with Crippen molar-refractivity contribution in [1.82, 2.24) is 0 Å². The van der Waals surface area contributed by atoms with Gasteiger partial charge in [-0.15, -0.1) is 0 Å². The third-order valence-electron chi connectivity index (χ3n) is 3.07. The maximum atomic E-state index is 11.7. The second kappa shape index (κ2) is 3.92. The van der Waals surface area contributed by atoms with Crippen molar-refractivity contribution in [2.75, 3.05) is 7.11 Å². The summed E-state index contributed by atoms with van der Waals surface area (Å²) in [6.45, 7) is 0. The summed E-state index contributed by atoms with van der Waals surface area (Å²) in [6, 6.07) is 8.82. The molecule has 0 heterocycles. The average Bonchev–Trinajstić information content (AvgIpc) is 3.18. The van der Waals surface area contributed by atoms with Gasteiger partial charge in [0.25, 0.3) is 0 Å². The van der Waals surface area contributed by atoms with Crippen molar-refractivity contribution in [3.05, 3.63) is 34.9 Å². The molecule has 17 heavy (non-hydrogen) atoms. The van der Waals surface area contributed by atoms with Crippen LogP contribution in [0.25, 0.3) is 0 Å². The van der Waals surface area contributed by atoms with Gasteiger partial charge in [0.1, 0.15) is 0 Å². The molecule has 0 radical (unpaired) electrons. The van der Waals surface area contributed by atoms with Gasteiger partial charge in [-0.25, -0.2) is 0 Å². The van der Waals surface area contributed by atoms with E-state index in [0.29, 0.717) is 29.5 Å². The number of carbonyl (C=O) groups excluding carboxylic acids is 1. The van der Waals surface area contributed by atoms with Crippen LogP contribution < -0.4 is 0 Å². The Morgan fingerprint density at radius 3 is 2.12 bits per heavy atom. The van der Waals surface area contributed by atoms with E-state index >= 15 is 0 Å². The van der Waals surface area contributed by atoms with Crippen molar-refractivity contribution >= 4 is 5.97 Å². The first-order chi connectivity index (χ1) is 8.16. The molecule has 0 amide bonds. The van der Waals surface area contributed by atoms with E-state index in [4.69, 9.17) is 15.3 Å². The van der Waals surface area contributed by atoms with E-state index in [-0.39, 0.29) is 5.97 Å². The lowest BCUT2D eigenvalue weighted by atomic mass is 9.93. The third kappa shape index (κ3) is 1.74. The zero-order chi connectivity index (χ0) is 12.5. The predicted molar refractivity (Wildman–Crippen MR) is 58.8 cm³/mol. The fraction of sp³-hybridized carbons (Fsp3) is 0.308. The molecule has 84 valence electrons. The molecule has 0 aromatic heterocycles. The molecule has 0 atom stereocenters. The quantitative estimate of drug-likeness (QED) is 0.718. The molecule has 0 bridgehead atoms. The lowest BCUT2D eigenvalue weighted by molar-refractivity contribution is -0.143. The maximum absolute atomic E-state index is 11.7. The van der Waals surface area contributed by atoms with Crippen molar-refractivity contribution in [1.29, 1.82) is 10.5 Å². The Balaban J connectivity index is 2.51. The molecule has 4 nitrogen and oxygen atoms in total. The number of esters is 1. The van der Waals surface area contributed by atoms with Gasteiger partial charge >= 0.3 is 5.97 Å². The molecule has 0 saturated heterocycles. The second-order valence-corrected chi connectivity index (χ2v) is 4.10. The SMILES string of the molecule is COC(=O)C1(c2cc(C#N)cc(C#N)c2)CC1. The highest BCUT2D eigenvalue weighted by Crippen LogP contribution is 2.49. The first-order valence-electron chi connectivity index (χ1n) is 5.20. The fourth-order valence-corrected chi connectivity index (χ4v) is 1.96. The van der Waals surface area contributed by atoms with Crippen molar-refractivity contribution in [3.8, 4) is 12.1 Å². The van der Waals surface area contributed by atoms with E-state index in [1.807, 2.05) is 12.1 Å². The van der Waals surface area contributed by atoms with Crippen LogP contribution in [0.5, 0.6) is 0 Å². The van der Waals surface area contributed by atoms with Gasteiger partial charge in [0.15, 0.2) is 0 Å². The lowest BCUT2D eigenvalue weighted by Gasteiger charge is -2.13. The molecule has 0 spiro atoms. The molecule has 1 aromatic rings. The van der Waals surface area contributed by atoms with Crippen LogP contribution >= 0.6 is 0 Å². The zero-order valence-electron chi connectivity index (χ0n) is 9.36. The van der Waals surface area contributed by atoms with Gasteiger partial charge in [0.2, 0.25) is 0 Å². The summed E-state index contributed by atoms with van der Waals surface area (Å²) in [5.74, 6) is -0.295. The Labute approximate surface area is 99.0 Å². The van der Waals surface area contributed by atoms with Crippen molar-refractivity contribution in [3.63, 3.8) is 0 Å². The number of hydrogen-bond donors (Lipinski definition) is 0. The van der Waals surface area contributed by atoms with Crippen LogP contribution in [0.3, 0.4) is 0 Å². The third-order valence-corrected chi connectivity index (χ3v) is 3.07. The fourth-order valence-electron chi connectivity index (χ4n) is 1.96. The number of nitrogens with zero attached hydrogens (tertiary/aromatic N) is 2. The van der Waals surface area contributed by atoms with Crippen LogP contribution in [-0.2, 0) is 14.9 Å². The molecule has 4 heteroatoms. The first kappa shape index (κ1) is 11.2. The van der Waals surface area contributed by atoms with Gasteiger partial charge in [-0.2, -0.15) is 10.5 Å². The topological polar surface area (TPSA) is 73.9 Å². The highest BCUT2D eigenvalue weighted by molar-refractivity contribution is 5.86. The number of rotatable bonds is 2. The summed E-state index contributed by atoms with van der Waals surface area (Å²) in [6.07, 6.45) is 1.42. The van der Waals surface area contributed by atoms with Crippen LogP contribution in [0.1, 0.15) is 29.5 Å². The maximum Gasteiger partial charge on any atom is 0.316 e. The number of carbonyl (C=O) groups is 1. The van der Waals surface area contributed by atoms with Crippen LogP contribution in [0.4, 0.5) is 0 Å². The normalized spacial score (nSPS) is 15.5. The van der Waals surface area contributed by atoms with Gasteiger partial charge in [-0.1, -0.05) is 0 Å². The lowest BCUT2D eigenvalue weighted by Crippen LogP contribution is -2.22.